The van der Waals surface area contributed by atoms with Gasteiger partial charge in [-0.15, -0.1) is 0 Å². The van der Waals surface area contributed by atoms with Crippen molar-refractivity contribution in [3.05, 3.63) is 86.3 Å². The van der Waals surface area contributed by atoms with Crippen LogP contribution in [0.15, 0.2) is 55.1 Å². The van der Waals surface area contributed by atoms with E-state index >= 15 is 0 Å². The first-order valence-electron chi connectivity index (χ1n) is 10.7. The van der Waals surface area contributed by atoms with Gasteiger partial charge in [-0.1, -0.05) is 58.5 Å². The molecule has 3 aromatic rings. The van der Waals surface area contributed by atoms with Gasteiger partial charge in [0, 0.05) is 43.6 Å². The van der Waals surface area contributed by atoms with E-state index in [0.717, 1.165) is 30.4 Å². The van der Waals surface area contributed by atoms with Gasteiger partial charge in [-0.3, -0.25) is 0 Å². The maximum absolute atomic E-state index is 6.49. The molecule has 9 heteroatoms. The minimum Gasteiger partial charge on any atom is -0.374 e. The fourth-order valence-corrected chi connectivity index (χ4v) is 4.83. The van der Waals surface area contributed by atoms with Gasteiger partial charge in [0.1, 0.15) is 6.10 Å². The van der Waals surface area contributed by atoms with Crippen LogP contribution in [0, 0.1) is 0 Å². The van der Waals surface area contributed by atoms with Gasteiger partial charge in [0.05, 0.1) is 32.2 Å². The quantitative estimate of drug-likeness (QED) is 0.290. The van der Waals surface area contributed by atoms with Crippen LogP contribution in [0.25, 0.3) is 0 Å². The van der Waals surface area contributed by atoms with Gasteiger partial charge in [0.25, 0.3) is 0 Å². The molecule has 0 amide bonds. The Balaban J connectivity index is 1.38. The van der Waals surface area contributed by atoms with E-state index in [0.29, 0.717) is 39.8 Å². The summed E-state index contributed by atoms with van der Waals surface area (Å²) in [5.74, 6) is 0. The zero-order valence-electron chi connectivity index (χ0n) is 17.8. The lowest BCUT2D eigenvalue weighted by molar-refractivity contribution is -0.227. The van der Waals surface area contributed by atoms with Gasteiger partial charge in [0.15, 0.2) is 6.29 Å². The zero-order valence-corrected chi connectivity index (χ0v) is 20.8. The maximum atomic E-state index is 6.49. The van der Waals surface area contributed by atoms with Gasteiger partial charge >= 0.3 is 0 Å². The monoisotopic (exact) mass is 528 g/mol. The Morgan fingerprint density at radius 2 is 1.88 bits per heavy atom. The highest BCUT2D eigenvalue weighted by molar-refractivity contribution is 6.36. The Kier molecular flexibility index (Phi) is 8.94. The van der Waals surface area contributed by atoms with Crippen molar-refractivity contribution in [1.29, 1.82) is 0 Å². The third-order valence-corrected chi connectivity index (χ3v) is 6.75. The molecule has 2 heterocycles. The molecular formula is C24H24Cl4N2O3. The summed E-state index contributed by atoms with van der Waals surface area (Å²) in [5.41, 5.74) is 1.63. The molecule has 5 nitrogen and oxygen atoms in total. The first-order valence-corrected chi connectivity index (χ1v) is 12.2. The Labute approximate surface area is 213 Å². The molecule has 3 atom stereocenters. The van der Waals surface area contributed by atoms with Crippen LogP contribution in [0.2, 0.25) is 20.1 Å². The summed E-state index contributed by atoms with van der Waals surface area (Å²) in [6.45, 7) is 1.30. The van der Waals surface area contributed by atoms with E-state index in [9.17, 15) is 0 Å². The van der Waals surface area contributed by atoms with Gasteiger partial charge in [-0.05, 0) is 43.5 Å². The van der Waals surface area contributed by atoms with Crippen LogP contribution in [0.3, 0.4) is 0 Å². The van der Waals surface area contributed by atoms with Crippen molar-refractivity contribution < 1.29 is 14.2 Å². The second-order valence-corrected chi connectivity index (χ2v) is 9.54. The number of nitrogens with zero attached hydrogens (tertiary/aromatic N) is 2. The van der Waals surface area contributed by atoms with Crippen molar-refractivity contribution in [3.63, 3.8) is 0 Å². The number of hydrogen-bond acceptors (Lipinski definition) is 4. The highest BCUT2D eigenvalue weighted by atomic mass is 35.5. The van der Waals surface area contributed by atoms with Gasteiger partial charge in [-0.25, -0.2) is 4.98 Å². The SMILES string of the molecule is Clc1ccc(C(Cn2ccnc2)OC2CCCC(COCc3c(Cl)cccc3Cl)O2)c(Cl)c1. The number of ether oxygens (including phenoxy) is 3. The highest BCUT2D eigenvalue weighted by Crippen LogP contribution is 2.33. The molecule has 0 saturated carbocycles. The molecule has 1 fully saturated rings. The summed E-state index contributed by atoms with van der Waals surface area (Å²) in [7, 11) is 0. The number of hydrogen-bond donors (Lipinski definition) is 0. The second-order valence-electron chi connectivity index (χ2n) is 7.88. The summed E-state index contributed by atoms with van der Waals surface area (Å²) < 4.78 is 20.5. The lowest BCUT2D eigenvalue weighted by atomic mass is 10.1. The van der Waals surface area contributed by atoms with Crippen LogP contribution in [0.5, 0.6) is 0 Å². The molecule has 1 aliphatic heterocycles. The van der Waals surface area contributed by atoms with Crippen LogP contribution < -0.4 is 0 Å². The summed E-state index contributed by atoms with van der Waals surface area (Å²) in [6, 6.07) is 10.8. The smallest absolute Gasteiger partial charge is 0.158 e. The second kappa shape index (κ2) is 11.9. The van der Waals surface area contributed by atoms with Crippen LogP contribution in [-0.2, 0) is 27.4 Å². The minimum absolute atomic E-state index is 0.0837. The van der Waals surface area contributed by atoms with E-state index in [-0.39, 0.29) is 18.5 Å². The molecule has 2 aromatic carbocycles. The van der Waals surface area contributed by atoms with Crippen molar-refractivity contribution in [3.8, 4) is 0 Å². The normalized spacial score (nSPS) is 19.5. The van der Waals surface area contributed by atoms with Crippen molar-refractivity contribution in [1.82, 2.24) is 9.55 Å². The molecule has 0 aliphatic carbocycles. The maximum Gasteiger partial charge on any atom is 0.158 e. The summed E-state index contributed by atoms with van der Waals surface area (Å²) >= 11 is 25.0. The third kappa shape index (κ3) is 6.86. The van der Waals surface area contributed by atoms with E-state index in [2.05, 4.69) is 4.98 Å². The number of halogens is 4. The van der Waals surface area contributed by atoms with Gasteiger partial charge in [-0.2, -0.15) is 0 Å². The van der Waals surface area contributed by atoms with Crippen LogP contribution in [-0.4, -0.2) is 28.6 Å². The number of benzene rings is 2. The van der Waals surface area contributed by atoms with E-state index in [1.54, 1.807) is 30.7 Å². The predicted octanol–water partition coefficient (Wildman–Crippen LogP) is 7.37. The first-order chi connectivity index (χ1) is 16.0. The third-order valence-electron chi connectivity index (χ3n) is 5.48. The van der Waals surface area contributed by atoms with Gasteiger partial charge in [0.2, 0.25) is 0 Å². The predicted molar refractivity (Wildman–Crippen MR) is 131 cm³/mol. The summed E-state index contributed by atoms with van der Waals surface area (Å²) in [6.07, 6.45) is 7.24. The Morgan fingerprint density at radius 1 is 1.06 bits per heavy atom. The van der Waals surface area contributed by atoms with Crippen LogP contribution in [0.4, 0.5) is 0 Å². The summed E-state index contributed by atoms with van der Waals surface area (Å²) in [5, 5.41) is 2.32. The Hall–Kier alpha value is -1.31. The molecule has 3 unspecified atom stereocenters. The van der Waals surface area contributed by atoms with Crippen LogP contribution >= 0.6 is 46.4 Å². The molecule has 0 N–H and O–H groups in total. The molecule has 176 valence electrons. The molecular weight excluding hydrogens is 506 g/mol. The molecule has 0 spiro atoms. The van der Waals surface area contributed by atoms with E-state index in [1.165, 1.54) is 0 Å². The molecule has 1 aromatic heterocycles. The minimum atomic E-state index is -0.378. The van der Waals surface area contributed by atoms with Crippen molar-refractivity contribution in [2.75, 3.05) is 6.61 Å². The number of imidazole rings is 1. The molecule has 0 bridgehead atoms. The van der Waals surface area contributed by atoms with E-state index in [1.807, 2.05) is 29.0 Å². The zero-order chi connectivity index (χ0) is 23.2. The largest absolute Gasteiger partial charge is 0.374 e. The van der Waals surface area contributed by atoms with Crippen molar-refractivity contribution in [2.24, 2.45) is 0 Å². The Bertz CT molecular complexity index is 1030. The average Bonchev–Trinajstić information content (AvgIpc) is 3.29. The van der Waals surface area contributed by atoms with Crippen LogP contribution in [0.1, 0.15) is 36.5 Å². The van der Waals surface area contributed by atoms with Crippen molar-refractivity contribution >= 4 is 46.4 Å². The van der Waals surface area contributed by atoms with Crippen molar-refractivity contribution in [2.45, 2.75) is 50.9 Å². The van der Waals surface area contributed by atoms with E-state index in [4.69, 9.17) is 60.6 Å². The molecule has 33 heavy (non-hydrogen) atoms. The highest BCUT2D eigenvalue weighted by Gasteiger charge is 2.28. The number of rotatable bonds is 9. The van der Waals surface area contributed by atoms with E-state index < -0.39 is 0 Å². The average molecular weight is 530 g/mol. The standard InChI is InChI=1S/C24H24Cl4N2O3/c25-16-7-8-18(22(28)11-16)23(12-30-10-9-29-15-30)33-24-6-1-3-17(32-24)13-31-14-19-20(26)4-2-5-21(19)27/h2,4-5,7-11,15,17,23-24H,1,3,6,12-14H2. The topological polar surface area (TPSA) is 45.5 Å². The molecule has 0 radical (unpaired) electrons. The lowest BCUT2D eigenvalue weighted by Crippen LogP contribution is -2.34. The molecule has 4 rings (SSSR count). The number of aromatic nitrogens is 2. The first kappa shape index (κ1) is 24.8. The fourth-order valence-electron chi connectivity index (χ4n) is 3.80. The lowest BCUT2D eigenvalue weighted by Gasteiger charge is -2.33. The molecule has 1 aliphatic rings. The van der Waals surface area contributed by atoms with Gasteiger partial charge < -0.3 is 18.8 Å². The summed E-state index contributed by atoms with van der Waals surface area (Å²) in [4.78, 5) is 4.12. The molecule has 1 saturated heterocycles. The Morgan fingerprint density at radius 3 is 2.61 bits per heavy atom. The fraction of sp³-hybridized carbons (Fsp3) is 0.375.